The van der Waals surface area contributed by atoms with Crippen LogP contribution in [0.4, 0.5) is 0 Å². The molecule has 0 bridgehead atoms. The van der Waals surface area contributed by atoms with Crippen LogP contribution in [0.5, 0.6) is 0 Å². The first-order chi connectivity index (χ1) is 8.86. The van der Waals surface area contributed by atoms with Gasteiger partial charge in [0, 0.05) is 10.8 Å². The second-order valence-corrected chi connectivity index (χ2v) is 5.99. The van der Waals surface area contributed by atoms with Gasteiger partial charge in [0.1, 0.15) is 5.82 Å². The third kappa shape index (κ3) is 2.35. The number of H-pyrrole nitrogens is 1. The van der Waals surface area contributed by atoms with Gasteiger partial charge in [0.25, 0.3) is 0 Å². The van der Waals surface area contributed by atoms with Crippen molar-refractivity contribution in [3.05, 3.63) is 29.0 Å². The van der Waals surface area contributed by atoms with Crippen LogP contribution in [0.1, 0.15) is 36.4 Å². The monoisotopic (exact) mass is 261 g/mol. The van der Waals surface area contributed by atoms with Gasteiger partial charge in [0.2, 0.25) is 0 Å². The lowest BCUT2D eigenvalue weighted by Gasteiger charge is -2.20. The van der Waals surface area contributed by atoms with E-state index in [4.69, 9.17) is 0 Å². The van der Waals surface area contributed by atoms with Crippen molar-refractivity contribution in [2.45, 2.75) is 32.1 Å². The Morgan fingerprint density at radius 3 is 2.89 bits per heavy atom. The first-order valence-corrected chi connectivity index (χ1v) is 7.53. The summed E-state index contributed by atoms with van der Waals surface area (Å²) in [5.41, 5.74) is 1.17. The molecule has 0 saturated carbocycles. The van der Waals surface area contributed by atoms with Crippen LogP contribution in [-0.4, -0.2) is 23.1 Å². The maximum atomic E-state index is 4.57. The third-order valence-electron chi connectivity index (χ3n) is 3.60. The molecule has 0 unspecified atom stereocenters. The second-order valence-electron chi connectivity index (χ2n) is 4.83. The summed E-state index contributed by atoms with van der Waals surface area (Å²) in [7, 11) is 0. The lowest BCUT2D eigenvalue weighted by atomic mass is 9.98. The summed E-state index contributed by atoms with van der Waals surface area (Å²) in [4.78, 5) is 10.8. The smallest absolute Gasteiger partial charge is 0.109 e. The molecule has 0 aromatic carbocycles. The van der Waals surface area contributed by atoms with E-state index in [0.717, 1.165) is 25.3 Å². The van der Waals surface area contributed by atoms with E-state index in [1.807, 2.05) is 17.5 Å². The molecule has 3 rings (SSSR count). The zero-order valence-corrected chi connectivity index (χ0v) is 11.5. The quantitative estimate of drug-likeness (QED) is 0.891. The van der Waals surface area contributed by atoms with E-state index in [9.17, 15) is 0 Å². The number of nitrogens with one attached hydrogen (secondary N) is 2. The minimum atomic E-state index is 0.602. The van der Waals surface area contributed by atoms with E-state index < -0.39 is 0 Å². The van der Waals surface area contributed by atoms with Gasteiger partial charge in [-0.3, -0.25) is 0 Å². The molecule has 2 N–H and O–H groups in total. The van der Waals surface area contributed by atoms with Gasteiger partial charge >= 0.3 is 0 Å². The fourth-order valence-electron chi connectivity index (χ4n) is 2.48. The van der Waals surface area contributed by atoms with E-state index >= 15 is 0 Å². The lowest BCUT2D eigenvalue weighted by Crippen LogP contribution is -2.27. The number of nitrogens with zero attached hydrogens (tertiary/aromatic N) is 1. The summed E-state index contributed by atoms with van der Waals surface area (Å²) in [5.74, 6) is 1.77. The fourth-order valence-corrected chi connectivity index (χ4v) is 3.39. The van der Waals surface area contributed by atoms with Gasteiger partial charge < -0.3 is 10.3 Å². The Hall–Kier alpha value is -1.13. The summed E-state index contributed by atoms with van der Waals surface area (Å²) in [6.07, 6.45) is 5.48. The van der Waals surface area contributed by atoms with Gasteiger partial charge in [0.05, 0.1) is 16.8 Å². The molecule has 1 saturated heterocycles. The Bertz CT molecular complexity index is 509. The zero-order chi connectivity index (χ0) is 12.4. The Balaban J connectivity index is 1.79. The number of aromatic nitrogens is 2. The van der Waals surface area contributed by atoms with Crippen molar-refractivity contribution in [2.24, 2.45) is 0 Å². The van der Waals surface area contributed by atoms with Crippen molar-refractivity contribution >= 4 is 11.3 Å². The van der Waals surface area contributed by atoms with Crippen LogP contribution in [0.3, 0.4) is 0 Å². The third-order valence-corrected chi connectivity index (χ3v) is 4.86. The molecule has 1 aliphatic heterocycles. The number of rotatable bonds is 3. The van der Waals surface area contributed by atoms with E-state index in [1.165, 1.54) is 28.3 Å². The van der Waals surface area contributed by atoms with E-state index in [1.54, 1.807) is 0 Å². The van der Waals surface area contributed by atoms with Crippen molar-refractivity contribution in [3.63, 3.8) is 0 Å². The van der Waals surface area contributed by atoms with Crippen molar-refractivity contribution in [1.29, 1.82) is 0 Å². The minimum absolute atomic E-state index is 0.602. The SMILES string of the molecule is CCc1ccc(-c2cnc(C3CCNCC3)[nH]2)s1. The Labute approximate surface area is 112 Å². The van der Waals surface area contributed by atoms with Crippen molar-refractivity contribution in [1.82, 2.24) is 15.3 Å². The topological polar surface area (TPSA) is 40.7 Å². The standard InChI is InChI=1S/C14H19N3S/c1-2-11-3-4-13(18-11)12-9-16-14(17-12)10-5-7-15-8-6-10/h3-4,9-10,15H,2,5-8H2,1H3,(H,16,17). The number of imidazole rings is 1. The zero-order valence-electron chi connectivity index (χ0n) is 10.7. The molecule has 0 aliphatic carbocycles. The largest absolute Gasteiger partial charge is 0.341 e. The molecule has 0 radical (unpaired) electrons. The molecule has 1 aliphatic rings. The highest BCUT2D eigenvalue weighted by molar-refractivity contribution is 7.15. The summed E-state index contributed by atoms with van der Waals surface area (Å²) in [6.45, 7) is 4.42. The van der Waals surface area contributed by atoms with Gasteiger partial charge in [-0.25, -0.2) is 4.98 Å². The number of aryl methyl sites for hydroxylation is 1. The van der Waals surface area contributed by atoms with Crippen LogP contribution in [0.15, 0.2) is 18.3 Å². The fraction of sp³-hybridized carbons (Fsp3) is 0.500. The highest BCUT2D eigenvalue weighted by atomic mass is 32.1. The first-order valence-electron chi connectivity index (χ1n) is 6.71. The van der Waals surface area contributed by atoms with Crippen LogP contribution in [-0.2, 0) is 6.42 Å². The van der Waals surface area contributed by atoms with Crippen LogP contribution in [0.25, 0.3) is 10.6 Å². The maximum Gasteiger partial charge on any atom is 0.109 e. The summed E-state index contributed by atoms with van der Waals surface area (Å²) >= 11 is 1.86. The molecule has 0 spiro atoms. The summed E-state index contributed by atoms with van der Waals surface area (Å²) in [6, 6.07) is 4.41. The van der Waals surface area contributed by atoms with Gasteiger partial charge in [-0.15, -0.1) is 11.3 Å². The first kappa shape index (κ1) is 11.9. The Morgan fingerprint density at radius 2 is 2.17 bits per heavy atom. The number of hydrogen-bond donors (Lipinski definition) is 2. The van der Waals surface area contributed by atoms with Crippen molar-refractivity contribution in [2.75, 3.05) is 13.1 Å². The predicted octanol–water partition coefficient (Wildman–Crippen LogP) is 3.17. The van der Waals surface area contributed by atoms with Crippen molar-refractivity contribution < 1.29 is 0 Å². The van der Waals surface area contributed by atoms with Gasteiger partial charge in [-0.05, 0) is 44.5 Å². The molecule has 3 heterocycles. The molecule has 2 aromatic rings. The molecular weight excluding hydrogens is 242 g/mol. The normalized spacial score (nSPS) is 17.2. The Kier molecular flexibility index (Phi) is 3.48. The highest BCUT2D eigenvalue weighted by Gasteiger charge is 2.18. The molecular formula is C14H19N3S. The molecule has 2 aromatic heterocycles. The number of thiophene rings is 1. The number of piperidine rings is 1. The predicted molar refractivity (Wildman–Crippen MR) is 76.1 cm³/mol. The van der Waals surface area contributed by atoms with E-state index in [2.05, 4.69) is 34.3 Å². The lowest BCUT2D eigenvalue weighted by molar-refractivity contribution is 0.447. The van der Waals surface area contributed by atoms with E-state index in [0.29, 0.717) is 5.92 Å². The molecule has 3 nitrogen and oxygen atoms in total. The van der Waals surface area contributed by atoms with Crippen LogP contribution in [0, 0.1) is 0 Å². The van der Waals surface area contributed by atoms with E-state index in [-0.39, 0.29) is 0 Å². The summed E-state index contributed by atoms with van der Waals surface area (Å²) < 4.78 is 0. The minimum Gasteiger partial charge on any atom is -0.341 e. The summed E-state index contributed by atoms with van der Waals surface area (Å²) in [5, 5.41) is 3.39. The average Bonchev–Trinajstić information content (AvgIpc) is 3.08. The Morgan fingerprint density at radius 1 is 1.33 bits per heavy atom. The number of hydrogen-bond acceptors (Lipinski definition) is 3. The maximum absolute atomic E-state index is 4.57. The second kappa shape index (κ2) is 5.24. The highest BCUT2D eigenvalue weighted by Crippen LogP contribution is 2.29. The molecule has 18 heavy (non-hydrogen) atoms. The molecule has 1 fully saturated rings. The molecule has 0 amide bonds. The number of aromatic amines is 1. The molecule has 4 heteroatoms. The van der Waals surface area contributed by atoms with Crippen molar-refractivity contribution in [3.8, 4) is 10.6 Å². The van der Waals surface area contributed by atoms with Crippen LogP contribution in [0.2, 0.25) is 0 Å². The molecule has 96 valence electrons. The van der Waals surface area contributed by atoms with Gasteiger partial charge in [0.15, 0.2) is 0 Å². The molecule has 0 atom stereocenters. The van der Waals surface area contributed by atoms with Crippen LogP contribution >= 0.6 is 11.3 Å². The average molecular weight is 261 g/mol. The van der Waals surface area contributed by atoms with Crippen LogP contribution < -0.4 is 5.32 Å². The van der Waals surface area contributed by atoms with Gasteiger partial charge in [-0.2, -0.15) is 0 Å². The van der Waals surface area contributed by atoms with Gasteiger partial charge in [-0.1, -0.05) is 6.92 Å².